The summed E-state index contributed by atoms with van der Waals surface area (Å²) in [4.78, 5) is 11.3. The van der Waals surface area contributed by atoms with E-state index in [1.165, 1.54) is 0 Å². The van der Waals surface area contributed by atoms with Gasteiger partial charge in [0.05, 0.1) is 17.3 Å². The molecule has 17 heavy (non-hydrogen) atoms. The van der Waals surface area contributed by atoms with E-state index in [0.717, 1.165) is 6.07 Å². The second-order valence-electron chi connectivity index (χ2n) is 3.21. The fourth-order valence-corrected chi connectivity index (χ4v) is 1.37. The molecule has 92 valence electrons. The number of hydrogen-bond acceptors (Lipinski definition) is 2. The molecule has 0 aromatic heterocycles. The third-order valence-corrected chi connectivity index (χ3v) is 2.14. The highest BCUT2D eigenvalue weighted by Gasteiger charge is 2.12. The number of amides is 1. The molecule has 0 heterocycles. The summed E-state index contributed by atoms with van der Waals surface area (Å²) in [5, 5.41) is 4.81. The van der Waals surface area contributed by atoms with E-state index in [2.05, 4.69) is 17.2 Å². The monoisotopic (exact) mass is 260 g/mol. The summed E-state index contributed by atoms with van der Waals surface area (Å²) < 4.78 is 26.0. The molecule has 1 rings (SSSR count). The summed E-state index contributed by atoms with van der Waals surface area (Å²) >= 11 is 5.61. The SMILES string of the molecule is C=CCNCC(=O)Nc1c(F)cc(F)cc1Cl. The van der Waals surface area contributed by atoms with Gasteiger partial charge in [-0.3, -0.25) is 4.79 Å². The van der Waals surface area contributed by atoms with Gasteiger partial charge in [-0.15, -0.1) is 6.58 Å². The zero-order valence-electron chi connectivity index (χ0n) is 8.90. The number of carbonyl (C=O) groups is 1. The molecule has 0 fully saturated rings. The van der Waals surface area contributed by atoms with Crippen LogP contribution in [0.2, 0.25) is 5.02 Å². The van der Waals surface area contributed by atoms with Crippen molar-refractivity contribution in [3.8, 4) is 0 Å². The minimum atomic E-state index is -0.910. The summed E-state index contributed by atoms with van der Waals surface area (Å²) in [5.41, 5.74) is -0.224. The molecular weight excluding hydrogens is 250 g/mol. The van der Waals surface area contributed by atoms with Crippen LogP contribution in [0, 0.1) is 11.6 Å². The second-order valence-corrected chi connectivity index (χ2v) is 3.62. The molecule has 0 saturated carbocycles. The Balaban J connectivity index is 2.68. The van der Waals surface area contributed by atoms with Crippen LogP contribution in [0.3, 0.4) is 0 Å². The van der Waals surface area contributed by atoms with E-state index in [9.17, 15) is 13.6 Å². The van der Waals surface area contributed by atoms with Gasteiger partial charge < -0.3 is 10.6 Å². The number of anilines is 1. The lowest BCUT2D eigenvalue weighted by Crippen LogP contribution is -2.28. The van der Waals surface area contributed by atoms with E-state index in [1.807, 2.05) is 0 Å². The van der Waals surface area contributed by atoms with Crippen molar-refractivity contribution in [2.45, 2.75) is 0 Å². The van der Waals surface area contributed by atoms with Crippen LogP contribution in [0.4, 0.5) is 14.5 Å². The van der Waals surface area contributed by atoms with E-state index < -0.39 is 17.5 Å². The summed E-state index contributed by atoms with van der Waals surface area (Å²) in [6.45, 7) is 3.90. The molecule has 0 aliphatic rings. The molecule has 2 N–H and O–H groups in total. The normalized spacial score (nSPS) is 10.1. The van der Waals surface area contributed by atoms with Crippen molar-refractivity contribution in [2.24, 2.45) is 0 Å². The van der Waals surface area contributed by atoms with Gasteiger partial charge in [0.25, 0.3) is 0 Å². The average molecular weight is 261 g/mol. The molecule has 6 heteroatoms. The first-order valence-corrected chi connectivity index (χ1v) is 5.18. The second kappa shape index (κ2) is 6.32. The number of hydrogen-bond donors (Lipinski definition) is 2. The lowest BCUT2D eigenvalue weighted by Gasteiger charge is -2.08. The zero-order chi connectivity index (χ0) is 12.8. The molecular formula is C11H11ClF2N2O. The Labute approximate surface area is 102 Å². The number of nitrogens with one attached hydrogen (secondary N) is 2. The Morgan fingerprint density at radius 3 is 2.76 bits per heavy atom. The molecule has 0 unspecified atom stereocenters. The Bertz CT molecular complexity index is 414. The molecule has 0 aliphatic heterocycles. The highest BCUT2D eigenvalue weighted by molar-refractivity contribution is 6.33. The van der Waals surface area contributed by atoms with Crippen molar-refractivity contribution in [1.29, 1.82) is 0 Å². The molecule has 0 saturated heterocycles. The summed E-state index contributed by atoms with van der Waals surface area (Å²) in [6.07, 6.45) is 1.58. The molecule has 0 bridgehead atoms. The highest BCUT2D eigenvalue weighted by Crippen LogP contribution is 2.26. The Kier molecular flexibility index (Phi) is 5.06. The van der Waals surface area contributed by atoms with Gasteiger partial charge >= 0.3 is 0 Å². The molecule has 3 nitrogen and oxygen atoms in total. The maximum atomic E-state index is 13.3. The van der Waals surface area contributed by atoms with E-state index in [1.54, 1.807) is 6.08 Å². The topological polar surface area (TPSA) is 41.1 Å². The first-order valence-electron chi connectivity index (χ1n) is 4.80. The largest absolute Gasteiger partial charge is 0.321 e. The Morgan fingerprint density at radius 2 is 2.18 bits per heavy atom. The van der Waals surface area contributed by atoms with Gasteiger partial charge in [0.15, 0.2) is 5.82 Å². The summed E-state index contributed by atoms with van der Waals surface area (Å²) in [5.74, 6) is -2.18. The van der Waals surface area contributed by atoms with E-state index >= 15 is 0 Å². The average Bonchev–Trinajstić information content (AvgIpc) is 2.24. The van der Waals surface area contributed by atoms with Crippen molar-refractivity contribution in [3.05, 3.63) is 41.4 Å². The lowest BCUT2D eigenvalue weighted by atomic mass is 10.3. The van der Waals surface area contributed by atoms with Gasteiger partial charge in [-0.05, 0) is 6.07 Å². The first kappa shape index (κ1) is 13.6. The number of carbonyl (C=O) groups excluding carboxylic acids is 1. The maximum Gasteiger partial charge on any atom is 0.238 e. The van der Waals surface area contributed by atoms with E-state index in [-0.39, 0.29) is 17.3 Å². The standard InChI is InChI=1S/C11H11ClF2N2O/c1-2-3-15-6-10(17)16-11-8(12)4-7(13)5-9(11)14/h2,4-5,15H,1,3,6H2,(H,16,17). The number of halogens is 3. The molecule has 0 aliphatic carbocycles. The minimum Gasteiger partial charge on any atom is -0.321 e. The summed E-state index contributed by atoms with van der Waals surface area (Å²) in [7, 11) is 0. The third kappa shape index (κ3) is 4.13. The van der Waals surface area contributed by atoms with Crippen LogP contribution < -0.4 is 10.6 Å². The molecule has 1 amide bonds. The molecule has 0 atom stereocenters. The summed E-state index contributed by atoms with van der Waals surface area (Å²) in [6, 6.07) is 1.58. The van der Waals surface area contributed by atoms with E-state index in [4.69, 9.17) is 11.6 Å². The van der Waals surface area contributed by atoms with Gasteiger partial charge in [-0.2, -0.15) is 0 Å². The fourth-order valence-electron chi connectivity index (χ4n) is 1.13. The number of benzene rings is 1. The quantitative estimate of drug-likeness (QED) is 0.630. The molecule has 0 radical (unpaired) electrons. The van der Waals surface area contributed by atoms with Gasteiger partial charge in [0.1, 0.15) is 5.82 Å². The minimum absolute atomic E-state index is 0.0147. The van der Waals surface area contributed by atoms with Crippen LogP contribution in [-0.4, -0.2) is 19.0 Å². The first-order chi connectivity index (χ1) is 8.04. The van der Waals surface area contributed by atoms with Crippen molar-refractivity contribution < 1.29 is 13.6 Å². The Morgan fingerprint density at radius 1 is 1.47 bits per heavy atom. The zero-order valence-corrected chi connectivity index (χ0v) is 9.65. The van der Waals surface area contributed by atoms with Gasteiger partial charge in [-0.1, -0.05) is 17.7 Å². The predicted molar refractivity (Wildman–Crippen MR) is 63.1 cm³/mol. The number of rotatable bonds is 5. The Hall–Kier alpha value is -1.46. The van der Waals surface area contributed by atoms with E-state index in [0.29, 0.717) is 12.6 Å². The smallest absolute Gasteiger partial charge is 0.238 e. The van der Waals surface area contributed by atoms with Crippen LogP contribution in [0.5, 0.6) is 0 Å². The van der Waals surface area contributed by atoms with Crippen molar-refractivity contribution in [1.82, 2.24) is 5.32 Å². The van der Waals surface area contributed by atoms with Crippen LogP contribution in [0.1, 0.15) is 0 Å². The fraction of sp³-hybridized carbons (Fsp3) is 0.182. The van der Waals surface area contributed by atoms with Gasteiger partial charge in [0, 0.05) is 12.6 Å². The van der Waals surface area contributed by atoms with Crippen LogP contribution in [-0.2, 0) is 4.79 Å². The molecule has 1 aromatic carbocycles. The van der Waals surface area contributed by atoms with Gasteiger partial charge in [-0.25, -0.2) is 8.78 Å². The van der Waals surface area contributed by atoms with Crippen molar-refractivity contribution in [2.75, 3.05) is 18.4 Å². The predicted octanol–water partition coefficient (Wildman–Crippen LogP) is 2.33. The van der Waals surface area contributed by atoms with Crippen molar-refractivity contribution in [3.63, 3.8) is 0 Å². The lowest BCUT2D eigenvalue weighted by molar-refractivity contribution is -0.115. The van der Waals surface area contributed by atoms with Crippen molar-refractivity contribution >= 4 is 23.2 Å². The maximum absolute atomic E-state index is 13.3. The highest BCUT2D eigenvalue weighted by atomic mass is 35.5. The van der Waals surface area contributed by atoms with Crippen LogP contribution >= 0.6 is 11.6 Å². The molecule has 0 spiro atoms. The van der Waals surface area contributed by atoms with Gasteiger partial charge in [0.2, 0.25) is 5.91 Å². The van der Waals surface area contributed by atoms with Crippen LogP contribution in [0.25, 0.3) is 0 Å². The van der Waals surface area contributed by atoms with Crippen LogP contribution in [0.15, 0.2) is 24.8 Å². The third-order valence-electron chi connectivity index (χ3n) is 1.85. The molecule has 1 aromatic rings.